The molecular weight excluding hydrogens is 451 g/mol. The Bertz CT molecular complexity index is 549. The van der Waals surface area contributed by atoms with Crippen LogP contribution >= 0.6 is 24.0 Å². The maximum absolute atomic E-state index is 5.40. The van der Waals surface area contributed by atoms with Crippen molar-refractivity contribution < 1.29 is 4.74 Å². The Hall–Kier alpha value is -1.02. The predicted octanol–water partition coefficient (Wildman–Crippen LogP) is 3.84. The van der Waals surface area contributed by atoms with Crippen LogP contribution in [0.1, 0.15) is 44.7 Å². The number of aliphatic imine (C=N–C) groups is 1. The minimum Gasteiger partial charge on any atom is -0.496 e. The van der Waals surface area contributed by atoms with Gasteiger partial charge in [-0.05, 0) is 77.7 Å². The van der Waals surface area contributed by atoms with Gasteiger partial charge in [-0.3, -0.25) is 4.99 Å². The molecule has 156 valence electrons. The fourth-order valence-electron chi connectivity index (χ4n) is 2.61. The fraction of sp³-hybridized carbons (Fsp3) is 0.667. The van der Waals surface area contributed by atoms with Gasteiger partial charge in [0.2, 0.25) is 0 Å². The second kappa shape index (κ2) is 15.0. The van der Waals surface area contributed by atoms with E-state index in [0.717, 1.165) is 50.7 Å². The number of benzene rings is 1. The van der Waals surface area contributed by atoms with Crippen LogP contribution in [0.4, 0.5) is 0 Å². The van der Waals surface area contributed by atoms with Crippen LogP contribution in [-0.4, -0.2) is 57.2 Å². The van der Waals surface area contributed by atoms with E-state index in [9.17, 15) is 0 Å². The van der Waals surface area contributed by atoms with Crippen molar-refractivity contribution in [1.82, 2.24) is 15.5 Å². The van der Waals surface area contributed by atoms with E-state index in [4.69, 9.17) is 4.74 Å². The standard InChI is InChI=1S/C21H38N4O.HI/c1-7-22-21(23-13-8-9-15-25(5)17(2)3)24-14-12-19-11-10-18(4)20(16-19)26-6;/h10-11,16-17H,7-9,12-15H2,1-6H3,(H2,22,23,24);1H. The first kappa shape index (κ1) is 26.0. The Morgan fingerprint density at radius 3 is 2.59 bits per heavy atom. The van der Waals surface area contributed by atoms with Crippen molar-refractivity contribution >= 4 is 29.9 Å². The van der Waals surface area contributed by atoms with Crippen LogP contribution in [0.5, 0.6) is 5.75 Å². The van der Waals surface area contributed by atoms with Crippen LogP contribution in [0.3, 0.4) is 0 Å². The normalized spacial score (nSPS) is 11.5. The molecule has 1 aromatic carbocycles. The van der Waals surface area contributed by atoms with E-state index in [0.29, 0.717) is 6.04 Å². The number of halogens is 1. The molecule has 0 radical (unpaired) electrons. The third kappa shape index (κ3) is 10.8. The van der Waals surface area contributed by atoms with Gasteiger partial charge in [0.15, 0.2) is 5.96 Å². The van der Waals surface area contributed by atoms with Crippen molar-refractivity contribution in [2.45, 2.75) is 53.0 Å². The minimum atomic E-state index is 0. The van der Waals surface area contributed by atoms with Gasteiger partial charge in [0.25, 0.3) is 0 Å². The van der Waals surface area contributed by atoms with E-state index >= 15 is 0 Å². The smallest absolute Gasteiger partial charge is 0.191 e. The molecule has 1 aromatic rings. The summed E-state index contributed by atoms with van der Waals surface area (Å²) < 4.78 is 5.40. The molecule has 6 heteroatoms. The summed E-state index contributed by atoms with van der Waals surface area (Å²) in [6, 6.07) is 7.00. The number of ether oxygens (including phenoxy) is 1. The summed E-state index contributed by atoms with van der Waals surface area (Å²) in [7, 11) is 3.90. The predicted molar refractivity (Wildman–Crippen MR) is 128 cm³/mol. The fourth-order valence-corrected chi connectivity index (χ4v) is 2.61. The van der Waals surface area contributed by atoms with Crippen LogP contribution in [0, 0.1) is 6.92 Å². The zero-order valence-electron chi connectivity index (χ0n) is 18.0. The average Bonchev–Trinajstić information content (AvgIpc) is 2.62. The van der Waals surface area contributed by atoms with Gasteiger partial charge in [-0.2, -0.15) is 0 Å². The van der Waals surface area contributed by atoms with E-state index in [1.54, 1.807) is 7.11 Å². The van der Waals surface area contributed by atoms with Gasteiger partial charge < -0.3 is 20.3 Å². The molecular formula is C21H39IN4O. The summed E-state index contributed by atoms with van der Waals surface area (Å²) in [5, 5.41) is 6.75. The van der Waals surface area contributed by atoms with E-state index in [1.807, 2.05) is 0 Å². The second-order valence-electron chi connectivity index (χ2n) is 7.02. The van der Waals surface area contributed by atoms with Gasteiger partial charge in [0, 0.05) is 25.7 Å². The molecule has 0 saturated carbocycles. The molecule has 0 bridgehead atoms. The van der Waals surface area contributed by atoms with Crippen LogP contribution in [-0.2, 0) is 6.42 Å². The number of hydrogen-bond donors (Lipinski definition) is 2. The molecule has 2 N–H and O–H groups in total. The summed E-state index contributed by atoms with van der Waals surface area (Å²) in [6.45, 7) is 12.3. The van der Waals surface area contributed by atoms with Gasteiger partial charge in [0.05, 0.1) is 7.11 Å². The van der Waals surface area contributed by atoms with Crippen molar-refractivity contribution in [3.05, 3.63) is 29.3 Å². The highest BCUT2D eigenvalue weighted by Crippen LogP contribution is 2.18. The van der Waals surface area contributed by atoms with E-state index in [-0.39, 0.29) is 24.0 Å². The number of unbranched alkanes of at least 4 members (excludes halogenated alkanes) is 1. The molecule has 0 saturated heterocycles. The van der Waals surface area contributed by atoms with Crippen molar-refractivity contribution in [1.29, 1.82) is 0 Å². The third-order valence-corrected chi connectivity index (χ3v) is 4.59. The van der Waals surface area contributed by atoms with E-state index in [1.165, 1.54) is 17.5 Å². The molecule has 5 nitrogen and oxygen atoms in total. The lowest BCUT2D eigenvalue weighted by molar-refractivity contribution is 0.269. The summed E-state index contributed by atoms with van der Waals surface area (Å²) in [4.78, 5) is 7.06. The number of hydrogen-bond acceptors (Lipinski definition) is 3. The van der Waals surface area contributed by atoms with Crippen molar-refractivity contribution in [2.24, 2.45) is 4.99 Å². The number of aryl methyl sites for hydroxylation is 1. The number of methoxy groups -OCH3 is 1. The molecule has 0 amide bonds. The lowest BCUT2D eigenvalue weighted by atomic mass is 10.1. The summed E-state index contributed by atoms with van der Waals surface area (Å²) in [5.74, 6) is 1.86. The number of rotatable bonds is 11. The summed E-state index contributed by atoms with van der Waals surface area (Å²) in [6.07, 6.45) is 3.24. The van der Waals surface area contributed by atoms with Crippen LogP contribution in [0.15, 0.2) is 23.2 Å². The first-order valence-corrected chi connectivity index (χ1v) is 9.83. The minimum absolute atomic E-state index is 0. The van der Waals surface area contributed by atoms with E-state index < -0.39 is 0 Å². The van der Waals surface area contributed by atoms with Gasteiger partial charge in [-0.25, -0.2) is 0 Å². The topological polar surface area (TPSA) is 48.9 Å². The number of nitrogens with one attached hydrogen (secondary N) is 2. The summed E-state index contributed by atoms with van der Waals surface area (Å²) >= 11 is 0. The van der Waals surface area contributed by atoms with Crippen molar-refractivity contribution in [3.63, 3.8) is 0 Å². The van der Waals surface area contributed by atoms with Crippen molar-refractivity contribution in [2.75, 3.05) is 40.3 Å². The molecule has 0 unspecified atom stereocenters. The van der Waals surface area contributed by atoms with Crippen LogP contribution < -0.4 is 15.4 Å². The largest absolute Gasteiger partial charge is 0.496 e. The molecule has 0 aliphatic heterocycles. The Kier molecular flexibility index (Phi) is 14.4. The SMILES string of the molecule is CCNC(=NCCCCN(C)C(C)C)NCCc1ccc(C)c(OC)c1.I. The molecule has 0 fully saturated rings. The zero-order valence-corrected chi connectivity index (χ0v) is 20.3. The molecule has 0 aliphatic rings. The Morgan fingerprint density at radius 2 is 1.96 bits per heavy atom. The quantitative estimate of drug-likeness (QED) is 0.214. The molecule has 1 rings (SSSR count). The lowest BCUT2D eigenvalue weighted by Crippen LogP contribution is -2.38. The highest BCUT2D eigenvalue weighted by molar-refractivity contribution is 14.0. The van der Waals surface area contributed by atoms with Gasteiger partial charge in [-0.15, -0.1) is 24.0 Å². The molecule has 27 heavy (non-hydrogen) atoms. The highest BCUT2D eigenvalue weighted by atomic mass is 127. The Morgan fingerprint density at radius 1 is 1.22 bits per heavy atom. The maximum Gasteiger partial charge on any atom is 0.191 e. The number of guanidine groups is 1. The Balaban J connectivity index is 0.00000676. The first-order valence-electron chi connectivity index (χ1n) is 9.83. The summed E-state index contributed by atoms with van der Waals surface area (Å²) in [5.41, 5.74) is 2.44. The van der Waals surface area contributed by atoms with Crippen molar-refractivity contribution in [3.8, 4) is 5.75 Å². The highest BCUT2D eigenvalue weighted by Gasteiger charge is 2.03. The lowest BCUT2D eigenvalue weighted by Gasteiger charge is -2.20. The Labute approximate surface area is 183 Å². The van der Waals surface area contributed by atoms with Gasteiger partial charge in [-0.1, -0.05) is 12.1 Å². The first-order chi connectivity index (χ1) is 12.5. The second-order valence-corrected chi connectivity index (χ2v) is 7.02. The van der Waals surface area contributed by atoms with Crippen LogP contribution in [0.25, 0.3) is 0 Å². The van der Waals surface area contributed by atoms with Gasteiger partial charge >= 0.3 is 0 Å². The van der Waals surface area contributed by atoms with Gasteiger partial charge in [0.1, 0.15) is 5.75 Å². The number of nitrogens with zero attached hydrogens (tertiary/aromatic N) is 2. The molecule has 0 atom stereocenters. The maximum atomic E-state index is 5.40. The van der Waals surface area contributed by atoms with E-state index in [2.05, 4.69) is 73.5 Å². The average molecular weight is 490 g/mol. The third-order valence-electron chi connectivity index (χ3n) is 4.59. The molecule has 0 aromatic heterocycles. The zero-order chi connectivity index (χ0) is 19.4. The van der Waals surface area contributed by atoms with Crippen LogP contribution in [0.2, 0.25) is 0 Å². The molecule has 0 spiro atoms. The monoisotopic (exact) mass is 490 g/mol. The molecule has 0 heterocycles. The molecule has 0 aliphatic carbocycles.